The molecule has 2 heterocycles. The minimum absolute atomic E-state index is 0.391. The van der Waals surface area contributed by atoms with Crippen molar-refractivity contribution in [2.45, 2.75) is 39.0 Å². The fraction of sp³-hybridized carbons (Fsp3) is 0.0857. The second-order valence-electron chi connectivity index (χ2n) is 19.6. The highest BCUT2D eigenvalue weighted by molar-refractivity contribution is 6.11. The zero-order valence-electron chi connectivity index (χ0n) is 40.9. The highest BCUT2D eigenvalue weighted by Crippen LogP contribution is 2.64. The molecule has 1 atom stereocenters. The molecular weight excluding hydrogens is 871 g/mol. The molecule has 3 aliphatic carbocycles. The van der Waals surface area contributed by atoms with Crippen molar-refractivity contribution in [1.82, 2.24) is 4.57 Å². The Labute approximate surface area is 421 Å². The summed E-state index contributed by atoms with van der Waals surface area (Å²) in [5.41, 5.74) is 25.2. The average Bonchev–Trinajstić information content (AvgIpc) is 4.15. The molecule has 72 heavy (non-hydrogen) atoms. The summed E-state index contributed by atoms with van der Waals surface area (Å²) in [5.74, 6) is 0. The molecule has 1 spiro atoms. The van der Waals surface area contributed by atoms with Gasteiger partial charge in [0.05, 0.1) is 22.1 Å². The summed E-state index contributed by atoms with van der Waals surface area (Å²) >= 11 is 0. The monoisotopic (exact) mass is 923 g/mol. The summed E-state index contributed by atoms with van der Waals surface area (Å²) in [6, 6.07) is 81.7. The lowest BCUT2D eigenvalue weighted by molar-refractivity contribution is 0.668. The van der Waals surface area contributed by atoms with Crippen LogP contribution in [0.15, 0.2) is 247 Å². The van der Waals surface area contributed by atoms with Crippen molar-refractivity contribution >= 4 is 49.3 Å². The number of furan rings is 1. The fourth-order valence-electron chi connectivity index (χ4n) is 12.0. The van der Waals surface area contributed by atoms with Crippen LogP contribution in [0, 0.1) is 20.8 Å². The second kappa shape index (κ2) is 17.6. The van der Waals surface area contributed by atoms with E-state index in [1.165, 1.54) is 122 Å². The predicted octanol–water partition coefficient (Wildman–Crippen LogP) is 18.7. The molecule has 0 fully saturated rings. The molecule has 0 radical (unpaired) electrons. The Morgan fingerprint density at radius 2 is 1.03 bits per heavy atom. The van der Waals surface area contributed by atoms with E-state index in [1.54, 1.807) is 0 Å². The standard InChI is InChI=1S/C44H31N.C13H10O.C13H12/c1-28-22-25-41-35(26-28)33-15-7-10-20-40(33)45(41)42-21-11-19-38-43(42)34-16-6-9-18-37(34)44(38)36-17-8-5-14-31(36)32-24-23-30(27-39(32)44)29-12-3-2-4-13-29;1-9-6-7-11-10-4-2-3-5-12(10)14-13(11)8-9;1-11-6-5-9-13(10-11)12-7-3-2-4-8-12/h3,5-27H,2,4H2,1H3;2-8H,1H3;2-10H,1H3. The van der Waals surface area contributed by atoms with Crippen LogP contribution in [-0.2, 0) is 5.41 Å². The lowest BCUT2D eigenvalue weighted by Gasteiger charge is -2.31. The van der Waals surface area contributed by atoms with Crippen LogP contribution < -0.4 is 0 Å². The number of fused-ring (bicyclic) bond motifs is 16. The number of benzene rings is 10. The van der Waals surface area contributed by atoms with E-state index in [2.05, 4.69) is 244 Å². The van der Waals surface area contributed by atoms with Gasteiger partial charge >= 0.3 is 0 Å². The smallest absolute Gasteiger partial charge is 0.135 e. The Kier molecular flexibility index (Phi) is 10.6. The van der Waals surface area contributed by atoms with E-state index in [4.69, 9.17) is 4.42 Å². The van der Waals surface area contributed by atoms with Crippen LogP contribution in [-0.4, -0.2) is 4.57 Å². The summed E-state index contributed by atoms with van der Waals surface area (Å²) in [6.07, 6.45) is 9.23. The van der Waals surface area contributed by atoms with Crippen LogP contribution in [0.3, 0.4) is 0 Å². The van der Waals surface area contributed by atoms with Crippen LogP contribution >= 0.6 is 0 Å². The minimum Gasteiger partial charge on any atom is -0.456 e. The lowest BCUT2D eigenvalue weighted by Crippen LogP contribution is -2.26. The van der Waals surface area contributed by atoms with Gasteiger partial charge < -0.3 is 8.98 Å². The van der Waals surface area contributed by atoms with Gasteiger partial charge in [0.25, 0.3) is 0 Å². The van der Waals surface area contributed by atoms with Crippen LogP contribution in [0.5, 0.6) is 0 Å². The molecule has 0 amide bonds. The molecule has 0 bridgehead atoms. The van der Waals surface area contributed by atoms with Gasteiger partial charge in [-0.05, 0) is 143 Å². The number of aromatic nitrogens is 1. The van der Waals surface area contributed by atoms with E-state index in [1.807, 2.05) is 24.3 Å². The third-order valence-electron chi connectivity index (χ3n) is 15.1. The molecule has 2 heteroatoms. The van der Waals surface area contributed by atoms with Crippen LogP contribution in [0.2, 0.25) is 0 Å². The molecule has 3 aliphatic rings. The number of rotatable bonds is 3. The second-order valence-corrected chi connectivity index (χ2v) is 19.6. The van der Waals surface area contributed by atoms with Crippen LogP contribution in [0.4, 0.5) is 0 Å². The Bertz CT molecular complexity index is 4140. The van der Waals surface area contributed by atoms with Crippen molar-refractivity contribution in [3.8, 4) is 39.1 Å². The van der Waals surface area contributed by atoms with Crippen molar-refractivity contribution in [3.63, 3.8) is 0 Å². The van der Waals surface area contributed by atoms with E-state index in [0.29, 0.717) is 0 Å². The van der Waals surface area contributed by atoms with Gasteiger partial charge in [-0.15, -0.1) is 0 Å². The molecule has 12 aromatic rings. The van der Waals surface area contributed by atoms with E-state index in [0.717, 1.165) is 24.0 Å². The molecule has 15 rings (SSSR count). The maximum atomic E-state index is 5.73. The molecule has 344 valence electrons. The molecule has 0 saturated carbocycles. The van der Waals surface area contributed by atoms with Crippen molar-refractivity contribution < 1.29 is 4.42 Å². The van der Waals surface area contributed by atoms with Crippen molar-refractivity contribution in [2.24, 2.45) is 0 Å². The van der Waals surface area contributed by atoms with Gasteiger partial charge in [-0.25, -0.2) is 0 Å². The zero-order chi connectivity index (χ0) is 48.3. The Morgan fingerprint density at radius 3 is 1.86 bits per heavy atom. The van der Waals surface area contributed by atoms with E-state index >= 15 is 0 Å². The van der Waals surface area contributed by atoms with Gasteiger partial charge in [0.2, 0.25) is 0 Å². The van der Waals surface area contributed by atoms with Crippen LogP contribution in [0.25, 0.3) is 88.4 Å². The van der Waals surface area contributed by atoms with Gasteiger partial charge in [-0.2, -0.15) is 0 Å². The van der Waals surface area contributed by atoms with Gasteiger partial charge in [-0.1, -0.05) is 211 Å². The lowest BCUT2D eigenvalue weighted by atomic mass is 9.70. The molecule has 0 N–H and O–H groups in total. The number of hydrogen-bond acceptors (Lipinski definition) is 1. The maximum Gasteiger partial charge on any atom is 0.135 e. The highest BCUT2D eigenvalue weighted by atomic mass is 16.3. The number of para-hydroxylation sites is 2. The van der Waals surface area contributed by atoms with Crippen LogP contribution in [0.1, 0.15) is 57.3 Å². The topological polar surface area (TPSA) is 18.1 Å². The average molecular weight is 924 g/mol. The summed E-state index contributed by atoms with van der Waals surface area (Å²) in [7, 11) is 0. The summed E-state index contributed by atoms with van der Waals surface area (Å²) in [4.78, 5) is 0. The molecule has 1 unspecified atom stereocenters. The fourth-order valence-corrected chi connectivity index (χ4v) is 12.0. The molecule has 0 saturated heterocycles. The molecule has 2 aromatic heterocycles. The zero-order valence-corrected chi connectivity index (χ0v) is 40.9. The number of aryl methyl sites for hydroxylation is 3. The van der Waals surface area contributed by atoms with Crippen molar-refractivity contribution in [3.05, 3.63) is 287 Å². The predicted molar refractivity (Wildman–Crippen MR) is 303 cm³/mol. The largest absolute Gasteiger partial charge is 0.456 e. The Morgan fingerprint density at radius 1 is 0.389 bits per heavy atom. The molecular formula is C70H53NO. The minimum atomic E-state index is -0.391. The number of nitrogens with zero attached hydrogens (tertiary/aromatic N) is 1. The molecule has 0 aliphatic heterocycles. The van der Waals surface area contributed by atoms with Gasteiger partial charge in [0.1, 0.15) is 11.2 Å². The van der Waals surface area contributed by atoms with Crippen molar-refractivity contribution in [1.29, 1.82) is 0 Å². The van der Waals surface area contributed by atoms with Gasteiger partial charge in [0, 0.05) is 27.1 Å². The van der Waals surface area contributed by atoms with E-state index < -0.39 is 5.41 Å². The third-order valence-corrected chi connectivity index (χ3v) is 15.1. The molecule has 10 aromatic carbocycles. The number of allylic oxidation sites excluding steroid dienone is 4. The Hall–Kier alpha value is -8.72. The summed E-state index contributed by atoms with van der Waals surface area (Å²) in [5, 5.41) is 5.00. The first-order valence-corrected chi connectivity index (χ1v) is 25.3. The van der Waals surface area contributed by atoms with E-state index in [9.17, 15) is 0 Å². The molecule has 2 nitrogen and oxygen atoms in total. The first-order valence-electron chi connectivity index (χ1n) is 25.3. The quantitative estimate of drug-likeness (QED) is 0.173. The maximum absolute atomic E-state index is 5.73. The third kappa shape index (κ3) is 7.01. The normalized spacial score (nSPS) is 14.8. The summed E-state index contributed by atoms with van der Waals surface area (Å²) < 4.78 is 8.24. The SMILES string of the molecule is Cc1ccc2c(c1)c1ccccc1n2-c1cccc2c1-c1ccccc1C21c2ccccc2-c2ccc(C3=CCCC=C3)cc21.Cc1ccc2c(c1)oc1ccccc12.Cc1cccc(-c2ccccc2)c1. The van der Waals surface area contributed by atoms with E-state index in [-0.39, 0.29) is 0 Å². The highest BCUT2D eigenvalue weighted by Gasteiger charge is 2.52. The van der Waals surface area contributed by atoms with Crippen molar-refractivity contribution in [2.75, 3.05) is 0 Å². The first kappa shape index (κ1) is 43.3. The van der Waals surface area contributed by atoms with Gasteiger partial charge in [0.15, 0.2) is 0 Å². The number of hydrogen-bond donors (Lipinski definition) is 0. The summed E-state index contributed by atoms with van der Waals surface area (Å²) in [6.45, 7) is 6.38. The first-order chi connectivity index (χ1) is 35.5. The Balaban J connectivity index is 0.000000151. The van der Waals surface area contributed by atoms with Gasteiger partial charge in [-0.3, -0.25) is 0 Å².